The number of fused-ring (bicyclic) bond motifs is 1. The number of nitrogens with zero attached hydrogens (tertiary/aromatic N) is 3. The standard InChI is InChI=1S/C21H21N3O6S/c1-4-30-20(26)12-23-16-11-15(24(27)28)6-8-18(16)31-21(23)22-19(25)10-14-5-7-17(29-3)13(2)9-14/h5-9,11H,4,10,12H2,1-3H3. The van der Waals surface area contributed by atoms with Crippen LogP contribution in [0.3, 0.4) is 0 Å². The Labute approximate surface area is 181 Å². The van der Waals surface area contributed by atoms with Crippen molar-refractivity contribution >= 4 is 39.1 Å². The summed E-state index contributed by atoms with van der Waals surface area (Å²) in [4.78, 5) is 39.8. The fraction of sp³-hybridized carbons (Fsp3) is 0.286. The van der Waals surface area contributed by atoms with Crippen molar-refractivity contribution in [3.8, 4) is 5.75 Å². The molecule has 0 radical (unpaired) electrons. The van der Waals surface area contributed by atoms with Gasteiger partial charge in [-0.1, -0.05) is 23.5 Å². The maximum Gasteiger partial charge on any atom is 0.326 e. The van der Waals surface area contributed by atoms with E-state index in [1.165, 1.54) is 28.0 Å². The first-order valence-corrected chi connectivity index (χ1v) is 10.3. The summed E-state index contributed by atoms with van der Waals surface area (Å²) in [7, 11) is 1.58. The highest BCUT2D eigenvalue weighted by molar-refractivity contribution is 7.16. The molecule has 0 fully saturated rings. The van der Waals surface area contributed by atoms with Gasteiger partial charge in [0.25, 0.3) is 11.6 Å². The molecule has 31 heavy (non-hydrogen) atoms. The summed E-state index contributed by atoms with van der Waals surface area (Å²) in [5, 5.41) is 11.2. The lowest BCUT2D eigenvalue weighted by molar-refractivity contribution is -0.384. The molecule has 0 saturated heterocycles. The van der Waals surface area contributed by atoms with Gasteiger partial charge in [0.2, 0.25) is 0 Å². The number of carbonyl (C=O) groups excluding carboxylic acids is 2. The van der Waals surface area contributed by atoms with E-state index in [2.05, 4.69) is 4.99 Å². The average Bonchev–Trinajstić information content (AvgIpc) is 3.04. The number of aromatic nitrogens is 1. The molecule has 0 spiro atoms. The molecule has 0 saturated carbocycles. The molecule has 162 valence electrons. The van der Waals surface area contributed by atoms with Gasteiger partial charge < -0.3 is 14.0 Å². The van der Waals surface area contributed by atoms with E-state index >= 15 is 0 Å². The van der Waals surface area contributed by atoms with Crippen LogP contribution in [0.5, 0.6) is 5.75 Å². The second-order valence-electron chi connectivity index (χ2n) is 6.67. The lowest BCUT2D eigenvalue weighted by Crippen LogP contribution is -2.23. The van der Waals surface area contributed by atoms with Gasteiger partial charge in [0.05, 0.1) is 35.3 Å². The van der Waals surface area contributed by atoms with Crippen molar-refractivity contribution in [2.24, 2.45) is 4.99 Å². The molecule has 10 heteroatoms. The van der Waals surface area contributed by atoms with Gasteiger partial charge in [0, 0.05) is 12.1 Å². The molecule has 3 rings (SSSR count). The molecule has 0 unspecified atom stereocenters. The fourth-order valence-electron chi connectivity index (χ4n) is 3.12. The number of hydrogen-bond donors (Lipinski definition) is 0. The quantitative estimate of drug-likeness (QED) is 0.315. The summed E-state index contributed by atoms with van der Waals surface area (Å²) in [5.74, 6) is -0.192. The van der Waals surface area contributed by atoms with Gasteiger partial charge in [-0.15, -0.1) is 0 Å². The van der Waals surface area contributed by atoms with Crippen molar-refractivity contribution in [2.75, 3.05) is 13.7 Å². The zero-order chi connectivity index (χ0) is 22.5. The number of esters is 1. The number of thiazole rings is 1. The average molecular weight is 443 g/mol. The summed E-state index contributed by atoms with van der Waals surface area (Å²) in [6.07, 6.45) is 0.0681. The molecule has 1 aromatic heterocycles. The number of rotatable bonds is 7. The molecule has 0 aliphatic carbocycles. The minimum Gasteiger partial charge on any atom is -0.496 e. The highest BCUT2D eigenvalue weighted by Crippen LogP contribution is 2.23. The number of nitro groups is 1. The molecule has 1 heterocycles. The number of non-ortho nitro benzene ring substituents is 1. The topological polar surface area (TPSA) is 113 Å². The van der Waals surface area contributed by atoms with Crippen LogP contribution in [0, 0.1) is 17.0 Å². The maximum absolute atomic E-state index is 12.6. The van der Waals surface area contributed by atoms with Gasteiger partial charge in [-0.3, -0.25) is 19.7 Å². The van der Waals surface area contributed by atoms with Gasteiger partial charge in [-0.25, -0.2) is 0 Å². The van der Waals surface area contributed by atoms with E-state index in [9.17, 15) is 19.7 Å². The second kappa shape index (κ2) is 9.52. The fourth-order valence-corrected chi connectivity index (χ4v) is 4.14. The molecule has 0 bridgehead atoms. The van der Waals surface area contributed by atoms with Gasteiger partial charge in [0.1, 0.15) is 12.3 Å². The largest absolute Gasteiger partial charge is 0.496 e. The van der Waals surface area contributed by atoms with E-state index in [0.717, 1.165) is 16.9 Å². The van der Waals surface area contributed by atoms with E-state index in [4.69, 9.17) is 9.47 Å². The van der Waals surface area contributed by atoms with Crippen LogP contribution in [0.4, 0.5) is 5.69 Å². The number of nitro benzene ring substituents is 1. The molecule has 0 N–H and O–H groups in total. The minimum absolute atomic E-state index is 0.0681. The molecule has 0 aliphatic heterocycles. The van der Waals surface area contributed by atoms with Crippen molar-refractivity contribution in [1.29, 1.82) is 0 Å². The van der Waals surface area contributed by atoms with Crippen LogP contribution in [-0.2, 0) is 27.3 Å². The van der Waals surface area contributed by atoms with E-state index in [1.54, 1.807) is 32.2 Å². The van der Waals surface area contributed by atoms with Crippen molar-refractivity contribution in [1.82, 2.24) is 4.57 Å². The van der Waals surface area contributed by atoms with E-state index in [0.29, 0.717) is 10.2 Å². The highest BCUT2D eigenvalue weighted by Gasteiger charge is 2.16. The van der Waals surface area contributed by atoms with Crippen LogP contribution in [0.1, 0.15) is 18.1 Å². The highest BCUT2D eigenvalue weighted by atomic mass is 32.1. The summed E-state index contributed by atoms with van der Waals surface area (Å²) in [6.45, 7) is 3.56. The number of amides is 1. The summed E-state index contributed by atoms with van der Waals surface area (Å²) in [5.41, 5.74) is 2.01. The molecule has 1 amide bonds. The van der Waals surface area contributed by atoms with Gasteiger partial charge in [-0.05, 0) is 37.1 Å². The normalized spacial score (nSPS) is 11.5. The van der Waals surface area contributed by atoms with Crippen LogP contribution in [-0.4, -0.2) is 35.1 Å². The number of methoxy groups -OCH3 is 1. The van der Waals surface area contributed by atoms with Gasteiger partial charge >= 0.3 is 5.97 Å². The zero-order valence-corrected chi connectivity index (χ0v) is 18.1. The number of benzene rings is 2. The third-order valence-electron chi connectivity index (χ3n) is 4.50. The Hall–Kier alpha value is -3.53. The minimum atomic E-state index is -0.520. The molecule has 3 aromatic rings. The van der Waals surface area contributed by atoms with Crippen LogP contribution in [0.25, 0.3) is 10.2 Å². The number of ether oxygens (including phenoxy) is 2. The first kappa shape index (κ1) is 22.2. The first-order valence-electron chi connectivity index (χ1n) is 9.46. The summed E-state index contributed by atoms with van der Waals surface area (Å²) < 4.78 is 12.4. The SMILES string of the molecule is CCOC(=O)Cn1c(=NC(=O)Cc2ccc(OC)c(C)c2)sc2ccc([N+](=O)[O-])cc21. The van der Waals surface area contributed by atoms with Crippen LogP contribution in [0.15, 0.2) is 41.4 Å². The zero-order valence-electron chi connectivity index (χ0n) is 17.3. The van der Waals surface area contributed by atoms with Gasteiger partial charge in [0.15, 0.2) is 4.80 Å². The van der Waals surface area contributed by atoms with Crippen molar-refractivity contribution in [3.63, 3.8) is 0 Å². The maximum atomic E-state index is 12.6. The number of hydrogen-bond acceptors (Lipinski definition) is 7. The van der Waals surface area contributed by atoms with Crippen LogP contribution < -0.4 is 9.54 Å². The third-order valence-corrected chi connectivity index (χ3v) is 5.56. The second-order valence-corrected chi connectivity index (χ2v) is 7.68. The van der Waals surface area contributed by atoms with Crippen LogP contribution >= 0.6 is 11.3 Å². The monoisotopic (exact) mass is 443 g/mol. The van der Waals surface area contributed by atoms with Crippen molar-refractivity contribution in [3.05, 3.63) is 62.4 Å². The van der Waals surface area contributed by atoms with E-state index < -0.39 is 16.8 Å². The molecule has 0 aliphatic rings. The van der Waals surface area contributed by atoms with Crippen LogP contribution in [0.2, 0.25) is 0 Å². The Morgan fingerprint density at radius 2 is 2.00 bits per heavy atom. The molecule has 0 atom stereocenters. The molecule has 9 nitrogen and oxygen atoms in total. The number of carbonyl (C=O) groups is 2. The third kappa shape index (κ3) is 5.15. The Balaban J connectivity index is 2.01. The molecule has 2 aromatic carbocycles. The van der Waals surface area contributed by atoms with E-state index in [-0.39, 0.29) is 30.1 Å². The van der Waals surface area contributed by atoms with Gasteiger partial charge in [-0.2, -0.15) is 4.99 Å². The Bertz CT molecular complexity index is 1230. The Morgan fingerprint density at radius 3 is 2.65 bits per heavy atom. The molecular weight excluding hydrogens is 422 g/mol. The first-order chi connectivity index (χ1) is 14.8. The number of aryl methyl sites for hydroxylation is 1. The Kier molecular flexibility index (Phi) is 6.81. The predicted octanol–water partition coefficient (Wildman–Crippen LogP) is 3.16. The summed E-state index contributed by atoms with van der Waals surface area (Å²) >= 11 is 1.18. The van der Waals surface area contributed by atoms with Crippen molar-refractivity contribution in [2.45, 2.75) is 26.8 Å². The van der Waals surface area contributed by atoms with E-state index in [1.807, 2.05) is 13.0 Å². The molecular formula is C21H21N3O6S. The Morgan fingerprint density at radius 1 is 1.23 bits per heavy atom. The summed E-state index contributed by atoms with van der Waals surface area (Å²) in [6, 6.07) is 9.75. The predicted molar refractivity (Wildman–Crippen MR) is 115 cm³/mol. The van der Waals surface area contributed by atoms with Crippen molar-refractivity contribution < 1.29 is 24.0 Å². The smallest absolute Gasteiger partial charge is 0.326 e. The lowest BCUT2D eigenvalue weighted by Gasteiger charge is -2.06. The lowest BCUT2D eigenvalue weighted by atomic mass is 10.1.